The van der Waals surface area contributed by atoms with Gasteiger partial charge in [-0.1, -0.05) is 11.6 Å². The van der Waals surface area contributed by atoms with Crippen LogP contribution in [0.25, 0.3) is 11.0 Å². The number of fused-ring (bicyclic) bond motifs is 1. The minimum Gasteiger partial charge on any atom is -0.365 e. The fourth-order valence-corrected chi connectivity index (χ4v) is 3.36. The van der Waals surface area contributed by atoms with E-state index in [-0.39, 0.29) is 0 Å². The topological polar surface area (TPSA) is 95.5 Å². The van der Waals surface area contributed by atoms with Crippen LogP contribution < -0.4 is 16.0 Å². The molecular weight excluding hydrogens is 340 g/mol. The van der Waals surface area contributed by atoms with E-state index in [0.717, 1.165) is 36.4 Å². The van der Waals surface area contributed by atoms with E-state index in [0.29, 0.717) is 28.7 Å². The molecular formula is C16H21ClN8. The zero-order chi connectivity index (χ0) is 17.4. The maximum atomic E-state index is 6.33. The lowest BCUT2D eigenvalue weighted by Gasteiger charge is -2.14. The third-order valence-electron chi connectivity index (χ3n) is 4.39. The normalized spacial score (nSPS) is 20.3. The summed E-state index contributed by atoms with van der Waals surface area (Å²) < 4.78 is 1.84. The minimum absolute atomic E-state index is 0.315. The highest BCUT2D eigenvalue weighted by atomic mass is 35.5. The molecule has 132 valence electrons. The molecule has 3 aromatic heterocycles. The van der Waals surface area contributed by atoms with Gasteiger partial charge in [0.05, 0.1) is 22.3 Å². The fourth-order valence-electron chi connectivity index (χ4n) is 3.13. The second-order valence-electron chi connectivity index (χ2n) is 6.35. The van der Waals surface area contributed by atoms with Crippen LogP contribution in [0.1, 0.15) is 20.3 Å². The van der Waals surface area contributed by atoms with Gasteiger partial charge in [-0.15, -0.1) is 0 Å². The molecule has 0 spiro atoms. The molecule has 0 bridgehead atoms. The van der Waals surface area contributed by atoms with Gasteiger partial charge >= 0.3 is 0 Å². The number of anilines is 3. The molecule has 4 rings (SSSR count). The molecule has 0 aliphatic carbocycles. The van der Waals surface area contributed by atoms with Crippen molar-refractivity contribution < 1.29 is 0 Å². The Morgan fingerprint density at radius 1 is 1.40 bits per heavy atom. The summed E-state index contributed by atoms with van der Waals surface area (Å²) in [6, 6.07) is 0.809. The number of hydrogen-bond acceptors (Lipinski definition) is 6. The first kappa shape index (κ1) is 16.2. The van der Waals surface area contributed by atoms with Gasteiger partial charge in [0.1, 0.15) is 11.5 Å². The van der Waals surface area contributed by atoms with Gasteiger partial charge in [0.25, 0.3) is 0 Å². The molecule has 2 atom stereocenters. The quantitative estimate of drug-likeness (QED) is 0.559. The highest BCUT2D eigenvalue weighted by molar-refractivity contribution is 6.36. The van der Waals surface area contributed by atoms with Gasteiger partial charge in [-0.05, 0) is 20.3 Å². The molecule has 0 amide bonds. The van der Waals surface area contributed by atoms with Crippen molar-refractivity contribution in [1.82, 2.24) is 30.0 Å². The van der Waals surface area contributed by atoms with Crippen molar-refractivity contribution >= 4 is 40.1 Å². The standard InChI is InChI=1S/C16H21ClN8/c1-3-25-8-11(6-20-25)22-16-23-14-13(12(17)7-19-14)15(24-16)21-10-4-9(2)18-5-10/h6-10,18H,3-5H2,1-2H3,(H3,19,21,22,23,24)/t9-,10+/m0/s1. The number of nitrogens with one attached hydrogen (secondary N) is 4. The molecule has 0 aromatic carbocycles. The number of H-pyrrole nitrogens is 1. The van der Waals surface area contributed by atoms with E-state index >= 15 is 0 Å². The number of halogens is 1. The zero-order valence-electron chi connectivity index (χ0n) is 14.2. The summed E-state index contributed by atoms with van der Waals surface area (Å²) in [5.74, 6) is 1.24. The van der Waals surface area contributed by atoms with Crippen LogP contribution in [0.3, 0.4) is 0 Å². The molecule has 25 heavy (non-hydrogen) atoms. The smallest absolute Gasteiger partial charge is 0.231 e. The number of aromatic amines is 1. The number of aromatic nitrogens is 5. The van der Waals surface area contributed by atoms with Crippen LogP contribution in [-0.4, -0.2) is 43.4 Å². The average molecular weight is 361 g/mol. The van der Waals surface area contributed by atoms with Crippen LogP contribution in [0.4, 0.5) is 17.5 Å². The van der Waals surface area contributed by atoms with E-state index in [9.17, 15) is 0 Å². The van der Waals surface area contributed by atoms with Crippen LogP contribution >= 0.6 is 11.6 Å². The molecule has 4 heterocycles. The molecule has 8 nitrogen and oxygen atoms in total. The molecule has 0 unspecified atom stereocenters. The molecule has 0 radical (unpaired) electrons. The number of aryl methyl sites for hydroxylation is 1. The largest absolute Gasteiger partial charge is 0.365 e. The lowest BCUT2D eigenvalue weighted by molar-refractivity contribution is 0.660. The molecule has 4 N–H and O–H groups in total. The summed E-state index contributed by atoms with van der Waals surface area (Å²) in [5.41, 5.74) is 1.55. The molecule has 1 aliphatic rings. The second kappa shape index (κ2) is 6.53. The predicted molar refractivity (Wildman–Crippen MR) is 99.6 cm³/mol. The van der Waals surface area contributed by atoms with E-state index in [2.05, 4.69) is 42.9 Å². The summed E-state index contributed by atoms with van der Waals surface area (Å²) in [5, 5.41) is 15.8. The molecule has 1 fully saturated rings. The maximum absolute atomic E-state index is 6.33. The number of hydrogen-bond donors (Lipinski definition) is 4. The highest BCUT2D eigenvalue weighted by Gasteiger charge is 2.23. The van der Waals surface area contributed by atoms with E-state index in [4.69, 9.17) is 11.6 Å². The van der Waals surface area contributed by atoms with Crippen molar-refractivity contribution in [2.24, 2.45) is 0 Å². The van der Waals surface area contributed by atoms with E-state index < -0.39 is 0 Å². The summed E-state index contributed by atoms with van der Waals surface area (Å²) in [4.78, 5) is 12.3. The molecule has 1 aliphatic heterocycles. The monoisotopic (exact) mass is 360 g/mol. The van der Waals surface area contributed by atoms with Crippen LogP contribution in [-0.2, 0) is 6.54 Å². The van der Waals surface area contributed by atoms with Gasteiger partial charge in [0.2, 0.25) is 5.95 Å². The van der Waals surface area contributed by atoms with Crippen molar-refractivity contribution in [2.75, 3.05) is 17.2 Å². The summed E-state index contributed by atoms with van der Waals surface area (Å²) in [7, 11) is 0. The van der Waals surface area contributed by atoms with Crippen molar-refractivity contribution in [2.45, 2.75) is 38.9 Å². The third-order valence-corrected chi connectivity index (χ3v) is 4.69. The second-order valence-corrected chi connectivity index (χ2v) is 6.76. The average Bonchev–Trinajstić information content (AvgIpc) is 3.29. The van der Waals surface area contributed by atoms with Gasteiger partial charge < -0.3 is 20.9 Å². The Bertz CT molecular complexity index is 886. The van der Waals surface area contributed by atoms with Gasteiger partial charge in [-0.2, -0.15) is 15.1 Å². The van der Waals surface area contributed by atoms with Crippen molar-refractivity contribution in [1.29, 1.82) is 0 Å². The first-order valence-electron chi connectivity index (χ1n) is 8.46. The number of nitrogens with zero attached hydrogens (tertiary/aromatic N) is 4. The van der Waals surface area contributed by atoms with Crippen LogP contribution in [0.5, 0.6) is 0 Å². The first-order chi connectivity index (χ1) is 12.1. The van der Waals surface area contributed by atoms with Crippen LogP contribution in [0.2, 0.25) is 5.02 Å². The summed E-state index contributed by atoms with van der Waals surface area (Å²) in [6.45, 7) is 5.94. The van der Waals surface area contributed by atoms with E-state index in [1.165, 1.54) is 0 Å². The number of rotatable bonds is 5. The Kier molecular flexibility index (Phi) is 4.22. The van der Waals surface area contributed by atoms with Gasteiger partial charge in [0, 0.05) is 37.6 Å². The first-order valence-corrected chi connectivity index (χ1v) is 8.84. The molecule has 9 heteroatoms. The Labute approximate surface area is 150 Å². The summed E-state index contributed by atoms with van der Waals surface area (Å²) >= 11 is 6.33. The lowest BCUT2D eigenvalue weighted by Crippen LogP contribution is -2.23. The Balaban J connectivity index is 1.66. The van der Waals surface area contributed by atoms with E-state index in [1.807, 2.05) is 17.8 Å². The van der Waals surface area contributed by atoms with Crippen LogP contribution in [0.15, 0.2) is 18.6 Å². The van der Waals surface area contributed by atoms with Gasteiger partial charge in [-0.25, -0.2) is 0 Å². The minimum atomic E-state index is 0.315. The highest BCUT2D eigenvalue weighted by Crippen LogP contribution is 2.30. The third kappa shape index (κ3) is 3.27. The molecule has 1 saturated heterocycles. The lowest BCUT2D eigenvalue weighted by atomic mass is 10.2. The Morgan fingerprint density at radius 3 is 3.00 bits per heavy atom. The van der Waals surface area contributed by atoms with Crippen molar-refractivity contribution in [3.05, 3.63) is 23.6 Å². The molecule has 3 aromatic rings. The fraction of sp³-hybridized carbons (Fsp3) is 0.438. The SMILES string of the molecule is CCn1cc(Nc2nc(N[C@H]3CN[C@@H](C)C3)c3c(Cl)c[nH]c3n2)cn1. The predicted octanol–water partition coefficient (Wildman–Crippen LogP) is 2.73. The Morgan fingerprint density at radius 2 is 2.28 bits per heavy atom. The summed E-state index contributed by atoms with van der Waals surface area (Å²) in [6.07, 6.45) is 6.46. The van der Waals surface area contributed by atoms with Crippen molar-refractivity contribution in [3.8, 4) is 0 Å². The Hall–Kier alpha value is -2.32. The molecule has 0 saturated carbocycles. The maximum Gasteiger partial charge on any atom is 0.231 e. The van der Waals surface area contributed by atoms with E-state index in [1.54, 1.807) is 12.4 Å². The van der Waals surface area contributed by atoms with Gasteiger partial charge in [0.15, 0.2) is 0 Å². The van der Waals surface area contributed by atoms with Gasteiger partial charge in [-0.3, -0.25) is 4.68 Å². The van der Waals surface area contributed by atoms with Crippen LogP contribution in [0, 0.1) is 0 Å². The van der Waals surface area contributed by atoms with Crippen molar-refractivity contribution in [3.63, 3.8) is 0 Å². The zero-order valence-corrected chi connectivity index (χ0v) is 14.9.